The lowest BCUT2D eigenvalue weighted by Crippen LogP contribution is -2.62. The van der Waals surface area contributed by atoms with Crippen LogP contribution >= 0.6 is 0 Å². The molecule has 2 atom stereocenters. The number of hydrogen-bond acceptors (Lipinski definition) is 3. The van der Waals surface area contributed by atoms with E-state index >= 15 is 0 Å². The molecule has 19 heavy (non-hydrogen) atoms. The first-order valence-electron chi connectivity index (χ1n) is 8.00. The van der Waals surface area contributed by atoms with E-state index in [1.165, 1.54) is 51.6 Å². The molecule has 1 saturated carbocycles. The van der Waals surface area contributed by atoms with Crippen LogP contribution in [0.2, 0.25) is 0 Å². The molecule has 0 amide bonds. The Morgan fingerprint density at radius 1 is 1.21 bits per heavy atom. The van der Waals surface area contributed by atoms with Crippen LogP contribution in [0, 0.1) is 5.41 Å². The molecule has 2 N–H and O–H groups in total. The first kappa shape index (κ1) is 15.3. The Bertz CT molecular complexity index is 300. The molecule has 0 bridgehead atoms. The van der Waals surface area contributed by atoms with Gasteiger partial charge in [0.15, 0.2) is 0 Å². The number of nitrogens with zero attached hydrogens (tertiary/aromatic N) is 2. The van der Waals surface area contributed by atoms with E-state index < -0.39 is 0 Å². The maximum absolute atomic E-state index is 6.26. The minimum Gasteiger partial charge on any atom is -0.329 e. The molecule has 1 saturated heterocycles. The second-order valence-electron chi connectivity index (χ2n) is 7.83. The highest BCUT2D eigenvalue weighted by Gasteiger charge is 2.44. The van der Waals surface area contributed by atoms with Crippen molar-refractivity contribution in [1.82, 2.24) is 9.80 Å². The zero-order valence-electron chi connectivity index (χ0n) is 13.4. The Balaban J connectivity index is 2.12. The van der Waals surface area contributed by atoms with E-state index in [4.69, 9.17) is 5.73 Å². The summed E-state index contributed by atoms with van der Waals surface area (Å²) in [6, 6.07) is 0.710. The number of likely N-dealkylation sites (tertiary alicyclic amines) is 1. The van der Waals surface area contributed by atoms with Crippen molar-refractivity contribution in [3.63, 3.8) is 0 Å². The van der Waals surface area contributed by atoms with E-state index in [2.05, 4.69) is 37.7 Å². The molecule has 2 rings (SSSR count). The fraction of sp³-hybridized carbons (Fsp3) is 1.00. The first-order valence-corrected chi connectivity index (χ1v) is 8.00. The average Bonchev–Trinajstić information content (AvgIpc) is 2.37. The fourth-order valence-corrected chi connectivity index (χ4v) is 4.34. The molecule has 112 valence electrons. The largest absolute Gasteiger partial charge is 0.329 e. The molecule has 1 aliphatic carbocycles. The highest BCUT2D eigenvalue weighted by atomic mass is 15.3. The van der Waals surface area contributed by atoms with Crippen LogP contribution in [0.25, 0.3) is 0 Å². The van der Waals surface area contributed by atoms with E-state index in [1.54, 1.807) is 0 Å². The Kier molecular flexibility index (Phi) is 4.59. The van der Waals surface area contributed by atoms with E-state index in [9.17, 15) is 0 Å². The van der Waals surface area contributed by atoms with Crippen molar-refractivity contribution in [1.29, 1.82) is 0 Å². The SMILES string of the molecule is CN(C)C1CCCN(C2(CN)CCCC(C)(C)C2)C1. The van der Waals surface area contributed by atoms with Crippen molar-refractivity contribution >= 4 is 0 Å². The molecular weight excluding hydrogens is 234 g/mol. The predicted molar refractivity (Wildman–Crippen MR) is 82.3 cm³/mol. The normalized spacial score (nSPS) is 36.6. The smallest absolute Gasteiger partial charge is 0.0337 e. The maximum Gasteiger partial charge on any atom is 0.0337 e. The third kappa shape index (κ3) is 3.32. The van der Waals surface area contributed by atoms with Gasteiger partial charge in [0.05, 0.1) is 0 Å². The van der Waals surface area contributed by atoms with Gasteiger partial charge < -0.3 is 10.6 Å². The molecule has 0 spiro atoms. The summed E-state index contributed by atoms with van der Waals surface area (Å²) in [5.74, 6) is 0. The van der Waals surface area contributed by atoms with Crippen molar-refractivity contribution in [3.05, 3.63) is 0 Å². The Hall–Kier alpha value is -0.120. The summed E-state index contributed by atoms with van der Waals surface area (Å²) in [4.78, 5) is 5.13. The zero-order valence-corrected chi connectivity index (χ0v) is 13.4. The van der Waals surface area contributed by atoms with Crippen molar-refractivity contribution in [2.75, 3.05) is 33.7 Å². The van der Waals surface area contributed by atoms with Crippen LogP contribution in [-0.2, 0) is 0 Å². The lowest BCUT2D eigenvalue weighted by atomic mass is 9.67. The number of nitrogens with two attached hydrogens (primary N) is 1. The Morgan fingerprint density at radius 3 is 2.53 bits per heavy atom. The number of piperidine rings is 1. The third-order valence-corrected chi connectivity index (χ3v) is 5.48. The number of rotatable bonds is 3. The molecule has 0 radical (unpaired) electrons. The van der Waals surface area contributed by atoms with Crippen LogP contribution in [-0.4, -0.2) is 55.1 Å². The van der Waals surface area contributed by atoms with Crippen molar-refractivity contribution in [2.24, 2.45) is 11.1 Å². The van der Waals surface area contributed by atoms with Gasteiger partial charge in [0.25, 0.3) is 0 Å². The second kappa shape index (κ2) is 5.71. The van der Waals surface area contributed by atoms with Gasteiger partial charge in [-0.15, -0.1) is 0 Å². The summed E-state index contributed by atoms with van der Waals surface area (Å²) in [7, 11) is 4.43. The van der Waals surface area contributed by atoms with Crippen LogP contribution < -0.4 is 5.73 Å². The van der Waals surface area contributed by atoms with Gasteiger partial charge in [-0.1, -0.05) is 20.3 Å². The first-order chi connectivity index (χ1) is 8.88. The summed E-state index contributed by atoms with van der Waals surface area (Å²) in [5, 5.41) is 0. The Labute approximate surface area is 119 Å². The van der Waals surface area contributed by atoms with Crippen molar-refractivity contribution < 1.29 is 0 Å². The van der Waals surface area contributed by atoms with Gasteiger partial charge in [-0.25, -0.2) is 0 Å². The third-order valence-electron chi connectivity index (χ3n) is 5.48. The van der Waals surface area contributed by atoms with Crippen molar-refractivity contribution in [2.45, 2.75) is 64.0 Å². The average molecular weight is 267 g/mol. The van der Waals surface area contributed by atoms with Gasteiger partial charge in [-0.3, -0.25) is 4.90 Å². The topological polar surface area (TPSA) is 32.5 Å². The van der Waals surface area contributed by atoms with E-state index in [0.29, 0.717) is 11.5 Å². The van der Waals surface area contributed by atoms with E-state index in [0.717, 1.165) is 6.54 Å². The van der Waals surface area contributed by atoms with Gasteiger partial charge in [-0.05, 0) is 58.2 Å². The van der Waals surface area contributed by atoms with Crippen LogP contribution in [0.3, 0.4) is 0 Å². The molecule has 0 aromatic heterocycles. The van der Waals surface area contributed by atoms with E-state index in [-0.39, 0.29) is 5.54 Å². The minimum atomic E-state index is 0.274. The highest BCUT2D eigenvalue weighted by molar-refractivity contribution is 5.01. The molecule has 3 heteroatoms. The van der Waals surface area contributed by atoms with Gasteiger partial charge >= 0.3 is 0 Å². The molecule has 2 unspecified atom stereocenters. The van der Waals surface area contributed by atoms with Crippen LogP contribution in [0.4, 0.5) is 0 Å². The molecule has 0 aromatic rings. The van der Waals surface area contributed by atoms with Gasteiger partial charge in [-0.2, -0.15) is 0 Å². The fourth-order valence-electron chi connectivity index (χ4n) is 4.34. The molecule has 2 aliphatic rings. The van der Waals surface area contributed by atoms with Gasteiger partial charge in [0.2, 0.25) is 0 Å². The zero-order chi connectivity index (χ0) is 14.1. The van der Waals surface area contributed by atoms with Crippen LogP contribution in [0.1, 0.15) is 52.4 Å². The quantitative estimate of drug-likeness (QED) is 0.852. The van der Waals surface area contributed by atoms with Crippen LogP contribution in [0.15, 0.2) is 0 Å². The predicted octanol–water partition coefficient (Wildman–Crippen LogP) is 2.31. The van der Waals surface area contributed by atoms with Gasteiger partial charge in [0.1, 0.15) is 0 Å². The molecule has 0 aromatic carbocycles. The standard InChI is InChI=1S/C16H33N3/c1-15(2)8-6-9-16(12-15,13-17)19-10-5-7-14(11-19)18(3)4/h14H,5-13,17H2,1-4H3. The maximum atomic E-state index is 6.26. The summed E-state index contributed by atoms with van der Waals surface area (Å²) in [6.07, 6.45) is 7.94. The summed E-state index contributed by atoms with van der Waals surface area (Å²) in [6.45, 7) is 8.13. The molecule has 2 fully saturated rings. The number of likely N-dealkylation sites (N-methyl/N-ethyl adjacent to an activating group) is 1. The van der Waals surface area contributed by atoms with Crippen molar-refractivity contribution in [3.8, 4) is 0 Å². The lowest BCUT2D eigenvalue weighted by molar-refractivity contribution is -0.0204. The number of hydrogen-bond donors (Lipinski definition) is 1. The lowest BCUT2D eigenvalue weighted by Gasteiger charge is -2.53. The highest BCUT2D eigenvalue weighted by Crippen LogP contribution is 2.44. The summed E-state index contributed by atoms with van der Waals surface area (Å²) in [5.41, 5.74) is 6.99. The van der Waals surface area contributed by atoms with Gasteiger partial charge in [0, 0.05) is 24.7 Å². The molecular formula is C16H33N3. The minimum absolute atomic E-state index is 0.274. The molecule has 1 heterocycles. The van der Waals surface area contributed by atoms with E-state index in [1.807, 2.05) is 0 Å². The summed E-state index contributed by atoms with van der Waals surface area (Å²) < 4.78 is 0. The van der Waals surface area contributed by atoms with Crippen LogP contribution in [0.5, 0.6) is 0 Å². The second-order valence-corrected chi connectivity index (χ2v) is 7.83. The summed E-state index contributed by atoms with van der Waals surface area (Å²) >= 11 is 0. The monoisotopic (exact) mass is 267 g/mol. The Morgan fingerprint density at radius 2 is 1.95 bits per heavy atom. The molecule has 1 aliphatic heterocycles. The molecule has 3 nitrogen and oxygen atoms in total.